The summed E-state index contributed by atoms with van der Waals surface area (Å²) in [6.07, 6.45) is 2.40. The van der Waals surface area contributed by atoms with E-state index in [0.717, 1.165) is 22.4 Å². The number of aromatic nitrogens is 2. The number of para-hydroxylation sites is 1. The van der Waals surface area contributed by atoms with Crippen molar-refractivity contribution in [1.82, 2.24) is 10.2 Å². The van der Waals surface area contributed by atoms with E-state index >= 15 is 0 Å². The van der Waals surface area contributed by atoms with Gasteiger partial charge in [0.05, 0.1) is 21.9 Å². The maximum Gasteiger partial charge on any atom is 0.124 e. The molecule has 2 N–H and O–H groups in total. The van der Waals surface area contributed by atoms with Crippen molar-refractivity contribution in [2.24, 2.45) is 0 Å². The average molecular weight is 319 g/mol. The summed E-state index contributed by atoms with van der Waals surface area (Å²) in [5, 5.41) is 18.1. The normalized spacial score (nSPS) is 10.8. The Morgan fingerprint density at radius 2 is 1.86 bits per heavy atom. The number of hydrogen-bond acceptors (Lipinski definition) is 2. The van der Waals surface area contributed by atoms with Gasteiger partial charge in [0, 0.05) is 17.5 Å². The average Bonchev–Trinajstić information content (AvgIpc) is 2.91. The molecule has 0 unspecified atom stereocenters. The van der Waals surface area contributed by atoms with E-state index in [4.69, 9.17) is 23.2 Å². The Morgan fingerprint density at radius 3 is 2.62 bits per heavy atom. The van der Waals surface area contributed by atoms with E-state index in [0.29, 0.717) is 16.5 Å². The van der Waals surface area contributed by atoms with Crippen molar-refractivity contribution in [2.75, 3.05) is 0 Å². The molecule has 0 saturated heterocycles. The van der Waals surface area contributed by atoms with Gasteiger partial charge >= 0.3 is 0 Å². The lowest BCUT2D eigenvalue weighted by molar-refractivity contribution is 0.477. The van der Waals surface area contributed by atoms with Crippen molar-refractivity contribution in [1.29, 1.82) is 0 Å². The number of rotatable bonds is 3. The quantitative estimate of drug-likeness (QED) is 0.736. The van der Waals surface area contributed by atoms with Crippen LogP contribution in [-0.4, -0.2) is 15.3 Å². The molecule has 0 aliphatic heterocycles. The molecule has 3 rings (SSSR count). The number of hydrogen-bond donors (Lipinski definition) is 2. The van der Waals surface area contributed by atoms with Crippen molar-refractivity contribution >= 4 is 23.2 Å². The summed E-state index contributed by atoms with van der Waals surface area (Å²) in [5.41, 5.74) is 3.54. The third kappa shape index (κ3) is 2.89. The lowest BCUT2D eigenvalue weighted by Crippen LogP contribution is -1.90. The van der Waals surface area contributed by atoms with Crippen LogP contribution in [0.1, 0.15) is 11.1 Å². The van der Waals surface area contributed by atoms with Gasteiger partial charge in [-0.05, 0) is 29.8 Å². The highest BCUT2D eigenvalue weighted by Crippen LogP contribution is 2.31. The predicted molar refractivity (Wildman–Crippen MR) is 85.0 cm³/mol. The third-order valence-electron chi connectivity index (χ3n) is 3.27. The monoisotopic (exact) mass is 318 g/mol. The molecule has 0 radical (unpaired) electrons. The molecule has 3 nitrogen and oxygen atoms in total. The van der Waals surface area contributed by atoms with Crippen LogP contribution in [0.2, 0.25) is 10.0 Å². The number of H-pyrrole nitrogens is 1. The maximum absolute atomic E-state index is 9.97. The molecule has 0 aliphatic carbocycles. The van der Waals surface area contributed by atoms with Crippen molar-refractivity contribution in [3.05, 3.63) is 69.8 Å². The van der Waals surface area contributed by atoms with Crippen LogP contribution in [0.4, 0.5) is 0 Å². The van der Waals surface area contributed by atoms with E-state index in [9.17, 15) is 5.11 Å². The molecule has 1 aromatic heterocycles. The molecule has 5 heteroatoms. The van der Waals surface area contributed by atoms with Gasteiger partial charge in [-0.3, -0.25) is 5.10 Å². The van der Waals surface area contributed by atoms with Gasteiger partial charge in [-0.25, -0.2) is 0 Å². The number of phenols is 1. The van der Waals surface area contributed by atoms with Crippen molar-refractivity contribution in [3.63, 3.8) is 0 Å². The third-order valence-corrected chi connectivity index (χ3v) is 4.01. The van der Waals surface area contributed by atoms with Gasteiger partial charge in [0.15, 0.2) is 0 Å². The second-order valence-electron chi connectivity index (χ2n) is 4.71. The zero-order chi connectivity index (χ0) is 14.8. The Labute approximate surface area is 132 Å². The smallest absolute Gasteiger partial charge is 0.124 e. The first-order chi connectivity index (χ1) is 10.1. The first-order valence-corrected chi connectivity index (χ1v) is 7.15. The first kappa shape index (κ1) is 14.0. The van der Waals surface area contributed by atoms with E-state index in [2.05, 4.69) is 10.2 Å². The number of phenolic OH excluding ortho intramolecular Hbond substituents is 1. The lowest BCUT2D eigenvalue weighted by Gasteiger charge is -2.06. The zero-order valence-electron chi connectivity index (χ0n) is 11.0. The van der Waals surface area contributed by atoms with E-state index in [1.807, 2.05) is 24.3 Å². The Balaban J connectivity index is 1.96. The minimum Gasteiger partial charge on any atom is -0.507 e. The fourth-order valence-electron chi connectivity index (χ4n) is 2.23. The fourth-order valence-corrected chi connectivity index (χ4v) is 2.55. The molecule has 0 atom stereocenters. The fraction of sp³-hybridized carbons (Fsp3) is 0.0625. The molecule has 2 aromatic carbocycles. The largest absolute Gasteiger partial charge is 0.507 e. The number of halogens is 2. The zero-order valence-corrected chi connectivity index (χ0v) is 12.5. The molecule has 0 fully saturated rings. The van der Waals surface area contributed by atoms with Gasteiger partial charge in [-0.2, -0.15) is 5.10 Å². The molecule has 0 saturated carbocycles. The maximum atomic E-state index is 9.97. The Kier molecular flexibility index (Phi) is 3.86. The van der Waals surface area contributed by atoms with Crippen LogP contribution in [0.25, 0.3) is 11.3 Å². The van der Waals surface area contributed by atoms with Crippen molar-refractivity contribution in [2.45, 2.75) is 6.42 Å². The molecule has 0 bridgehead atoms. The minimum atomic E-state index is 0.220. The van der Waals surface area contributed by atoms with Gasteiger partial charge in [0.25, 0.3) is 0 Å². The van der Waals surface area contributed by atoms with E-state index < -0.39 is 0 Å². The SMILES string of the molecule is Oc1ccccc1-c1[nH]ncc1Cc1ccc(Cl)c(Cl)c1. The minimum absolute atomic E-state index is 0.220. The van der Waals surface area contributed by atoms with Gasteiger partial charge in [0.1, 0.15) is 5.75 Å². The number of benzene rings is 2. The summed E-state index contributed by atoms with van der Waals surface area (Å²) < 4.78 is 0. The number of nitrogens with one attached hydrogen (secondary N) is 1. The molecule has 21 heavy (non-hydrogen) atoms. The molecule has 3 aromatic rings. The molecule has 106 valence electrons. The highest BCUT2D eigenvalue weighted by molar-refractivity contribution is 6.42. The van der Waals surface area contributed by atoms with Crippen molar-refractivity contribution < 1.29 is 5.11 Å². The summed E-state index contributed by atoms with van der Waals surface area (Å²) in [5.74, 6) is 0.220. The molecule has 0 aliphatic rings. The topological polar surface area (TPSA) is 48.9 Å². The van der Waals surface area contributed by atoms with Crippen LogP contribution >= 0.6 is 23.2 Å². The molecular formula is C16H12Cl2N2O. The van der Waals surface area contributed by atoms with E-state index in [-0.39, 0.29) is 5.75 Å². The van der Waals surface area contributed by atoms with Gasteiger partial charge in [-0.1, -0.05) is 41.4 Å². The lowest BCUT2D eigenvalue weighted by atomic mass is 10.0. The van der Waals surface area contributed by atoms with Crippen LogP contribution in [0.15, 0.2) is 48.7 Å². The molecule has 1 heterocycles. The highest BCUT2D eigenvalue weighted by Gasteiger charge is 2.12. The standard InChI is InChI=1S/C16H12Cl2N2O/c17-13-6-5-10(8-14(13)18)7-11-9-19-20-16(11)12-3-1-2-4-15(12)21/h1-6,8-9,21H,7H2,(H,19,20). The van der Waals surface area contributed by atoms with E-state index in [1.54, 1.807) is 24.4 Å². The van der Waals surface area contributed by atoms with E-state index in [1.165, 1.54) is 0 Å². The summed E-state index contributed by atoms with van der Waals surface area (Å²) in [6.45, 7) is 0. The van der Waals surface area contributed by atoms with Gasteiger partial charge in [0.2, 0.25) is 0 Å². The van der Waals surface area contributed by atoms with Crippen LogP contribution in [0, 0.1) is 0 Å². The molecule has 0 spiro atoms. The molecular weight excluding hydrogens is 307 g/mol. The summed E-state index contributed by atoms with van der Waals surface area (Å²) in [7, 11) is 0. The first-order valence-electron chi connectivity index (χ1n) is 6.39. The van der Waals surface area contributed by atoms with Crippen molar-refractivity contribution in [3.8, 4) is 17.0 Å². The summed E-state index contributed by atoms with van der Waals surface area (Å²) in [4.78, 5) is 0. The Bertz CT molecular complexity index is 783. The number of aromatic amines is 1. The number of aromatic hydroxyl groups is 1. The van der Waals surface area contributed by atoms with Crippen LogP contribution < -0.4 is 0 Å². The van der Waals surface area contributed by atoms with Crippen LogP contribution in [0.3, 0.4) is 0 Å². The second-order valence-corrected chi connectivity index (χ2v) is 5.53. The second kappa shape index (κ2) is 5.80. The Hall–Kier alpha value is -1.97. The predicted octanol–water partition coefficient (Wildman–Crippen LogP) is 4.68. The number of nitrogens with zero attached hydrogens (tertiary/aromatic N) is 1. The van der Waals surface area contributed by atoms with Crippen LogP contribution in [0.5, 0.6) is 5.75 Å². The van der Waals surface area contributed by atoms with Crippen LogP contribution in [-0.2, 0) is 6.42 Å². The summed E-state index contributed by atoms with van der Waals surface area (Å²) in [6, 6.07) is 12.7. The van der Waals surface area contributed by atoms with Gasteiger partial charge < -0.3 is 5.11 Å². The Morgan fingerprint density at radius 1 is 1.05 bits per heavy atom. The molecule has 0 amide bonds. The summed E-state index contributed by atoms with van der Waals surface area (Å²) >= 11 is 12.0. The highest BCUT2D eigenvalue weighted by atomic mass is 35.5. The van der Waals surface area contributed by atoms with Gasteiger partial charge in [-0.15, -0.1) is 0 Å².